The Hall–Kier alpha value is -1.19. The van der Waals surface area contributed by atoms with Crippen molar-refractivity contribution in [3.8, 4) is 0 Å². The molecule has 1 aromatic rings. The number of rotatable bonds is 5. The van der Waals surface area contributed by atoms with Crippen molar-refractivity contribution in [3.63, 3.8) is 0 Å². The van der Waals surface area contributed by atoms with Crippen LogP contribution in [0.25, 0.3) is 0 Å². The van der Waals surface area contributed by atoms with E-state index in [4.69, 9.17) is 5.11 Å². The Labute approximate surface area is 141 Å². The molecule has 120 valence electrons. The molecule has 0 fully saturated rings. The highest BCUT2D eigenvalue weighted by Gasteiger charge is 2.03. The highest BCUT2D eigenvalue weighted by molar-refractivity contribution is 5.89. The smallest absolute Gasteiger partial charge is 0.0802 e. The van der Waals surface area contributed by atoms with Crippen LogP contribution in [0.15, 0.2) is 24.3 Å². The van der Waals surface area contributed by atoms with Crippen LogP contribution in [0.4, 0.5) is 0 Å². The number of aliphatic hydroxyl groups is 1. The molecule has 6 nitrogen and oxygen atoms in total. The Morgan fingerprint density at radius 2 is 1.33 bits per heavy atom. The number of carbonyl (C=O) groups excluding carboxylic acids is 2. The maximum absolute atomic E-state index is 10.2. The van der Waals surface area contributed by atoms with Gasteiger partial charge < -0.3 is 53.4 Å². The molecule has 1 aromatic carbocycles. The third kappa shape index (κ3) is 11.2. The van der Waals surface area contributed by atoms with Gasteiger partial charge in [0.05, 0.1) is 39.6 Å². The van der Waals surface area contributed by atoms with Gasteiger partial charge in [0.2, 0.25) is 0 Å². The minimum Gasteiger partial charge on any atom is -1.00 e. The third-order valence-corrected chi connectivity index (χ3v) is 2.34. The lowest BCUT2D eigenvalue weighted by molar-refractivity contribution is -0.870. The van der Waals surface area contributed by atoms with Crippen molar-refractivity contribution in [2.75, 3.05) is 34.3 Å². The number of carboxylic acid groups (broad SMARTS) is 2. The lowest BCUT2D eigenvalue weighted by Crippen LogP contribution is -3.00. The van der Waals surface area contributed by atoms with Gasteiger partial charge in [-0.1, -0.05) is 24.3 Å². The molecule has 7 heteroatoms. The summed E-state index contributed by atoms with van der Waals surface area (Å²) in [6.45, 7) is 1.37. The first-order chi connectivity index (χ1) is 9.17. The van der Waals surface area contributed by atoms with Crippen LogP contribution < -0.4 is 34.2 Å². The topological polar surface area (TPSA) is 100 Å². The van der Waals surface area contributed by atoms with E-state index in [0.29, 0.717) is 6.61 Å². The molecule has 0 bridgehead atoms. The largest absolute Gasteiger partial charge is 1.00 e. The first-order valence-corrected chi connectivity index (χ1v) is 6.11. The van der Waals surface area contributed by atoms with Crippen molar-refractivity contribution in [2.24, 2.45) is 0 Å². The van der Waals surface area contributed by atoms with Crippen LogP contribution in [0, 0.1) is 0 Å². The van der Waals surface area contributed by atoms with Crippen molar-refractivity contribution in [2.45, 2.75) is 6.42 Å². The highest BCUT2D eigenvalue weighted by Crippen LogP contribution is 2.01. The number of hydrogen-bond donors (Lipinski definition) is 1. The van der Waals surface area contributed by atoms with Crippen molar-refractivity contribution < 1.29 is 53.4 Å². The Morgan fingerprint density at radius 3 is 1.48 bits per heavy atom. The number of quaternary nitrogens is 1. The molecule has 0 saturated heterocycles. The normalized spacial score (nSPS) is 9.90. The van der Waals surface area contributed by atoms with Crippen molar-refractivity contribution in [3.05, 3.63) is 35.4 Å². The molecule has 1 rings (SSSR count). The summed E-state index contributed by atoms with van der Waals surface area (Å²) in [5.41, 5.74) is -0.111. The summed E-state index contributed by atoms with van der Waals surface area (Å²) in [6, 6.07) is 4.61. The fourth-order valence-electron chi connectivity index (χ4n) is 1.29. The molecule has 0 aliphatic carbocycles. The fourth-order valence-corrected chi connectivity index (χ4v) is 1.29. The van der Waals surface area contributed by atoms with E-state index in [1.54, 1.807) is 0 Å². The summed E-state index contributed by atoms with van der Waals surface area (Å²) >= 11 is 0. The number of aromatic carboxylic acids is 2. The van der Waals surface area contributed by atoms with Crippen molar-refractivity contribution in [1.29, 1.82) is 0 Å². The Kier molecular flexibility index (Phi) is 11.1. The van der Waals surface area contributed by atoms with Crippen molar-refractivity contribution >= 4 is 11.9 Å². The van der Waals surface area contributed by atoms with Crippen LogP contribution in [0.3, 0.4) is 0 Å². The molecule has 0 atom stereocenters. The van der Waals surface area contributed by atoms with Gasteiger partial charge in [-0.25, -0.2) is 0 Å². The average Bonchev–Trinajstić information content (AvgIpc) is 2.36. The maximum Gasteiger partial charge on any atom is 0.0802 e. The van der Waals surface area contributed by atoms with Gasteiger partial charge in [-0.05, 0) is 11.1 Å². The minimum atomic E-state index is -1.33. The minimum absolute atomic E-state index is 0. The summed E-state index contributed by atoms with van der Waals surface area (Å²) in [6.07, 6.45) is 0.906. The second-order valence-corrected chi connectivity index (χ2v) is 5.24. The molecule has 0 unspecified atom stereocenters. The first-order valence-electron chi connectivity index (χ1n) is 6.11. The van der Waals surface area contributed by atoms with Gasteiger partial charge in [0.1, 0.15) is 0 Å². The lowest BCUT2D eigenvalue weighted by atomic mass is 10.1. The molecule has 1 N–H and O–H groups in total. The zero-order chi connectivity index (χ0) is 15.8. The molecule has 0 aromatic heterocycles. The predicted molar refractivity (Wildman–Crippen MR) is 69.7 cm³/mol. The summed E-state index contributed by atoms with van der Waals surface area (Å²) in [4.78, 5) is 20.4. The molecule has 0 heterocycles. The highest BCUT2D eigenvalue weighted by atomic mass is 127. The van der Waals surface area contributed by atoms with Gasteiger partial charge in [0, 0.05) is 13.0 Å². The number of halogens is 1. The van der Waals surface area contributed by atoms with Gasteiger partial charge in [-0.15, -0.1) is 0 Å². The number of hydrogen-bond acceptors (Lipinski definition) is 5. The number of aliphatic hydroxyl groups excluding tert-OH is 1. The maximum atomic E-state index is 10.2. The van der Waals surface area contributed by atoms with Crippen LogP contribution in [-0.2, 0) is 0 Å². The zero-order valence-corrected chi connectivity index (χ0v) is 14.5. The molecule has 0 amide bonds. The molecule has 0 saturated carbocycles. The van der Waals surface area contributed by atoms with E-state index in [-0.39, 0.29) is 35.1 Å². The Morgan fingerprint density at radius 1 is 1.00 bits per heavy atom. The van der Waals surface area contributed by atoms with E-state index in [2.05, 4.69) is 21.1 Å². The third-order valence-electron chi connectivity index (χ3n) is 2.34. The number of carbonyl (C=O) groups is 2. The van der Waals surface area contributed by atoms with Crippen LogP contribution in [0.5, 0.6) is 0 Å². The van der Waals surface area contributed by atoms with E-state index in [1.165, 1.54) is 0 Å². The quantitative estimate of drug-likeness (QED) is 0.391. The molecular weight excluding hydrogens is 389 g/mol. The van der Waals surface area contributed by atoms with Crippen LogP contribution in [-0.4, -0.2) is 55.8 Å². The second-order valence-electron chi connectivity index (χ2n) is 5.24. The van der Waals surface area contributed by atoms with E-state index in [0.717, 1.165) is 41.7 Å². The summed E-state index contributed by atoms with van der Waals surface area (Å²) in [5.74, 6) is -2.67. The van der Waals surface area contributed by atoms with Gasteiger partial charge in [-0.2, -0.15) is 0 Å². The summed E-state index contributed by atoms with van der Waals surface area (Å²) in [5, 5.41) is 28.8. The molecule has 21 heavy (non-hydrogen) atoms. The van der Waals surface area contributed by atoms with E-state index in [9.17, 15) is 19.8 Å². The number of nitrogens with zero attached hydrogens (tertiary/aromatic N) is 1. The van der Waals surface area contributed by atoms with E-state index < -0.39 is 11.9 Å². The second kappa shape index (κ2) is 10.5. The van der Waals surface area contributed by atoms with Crippen LogP contribution >= 0.6 is 0 Å². The lowest BCUT2D eigenvalue weighted by Gasteiger charge is -2.22. The SMILES string of the molecule is C[N+](C)(C)CCCO.O=C([O-])c1ccc(C(=O)[O-])cc1.[I-]. The summed E-state index contributed by atoms with van der Waals surface area (Å²) < 4.78 is 0.945. The van der Waals surface area contributed by atoms with Gasteiger partial charge in [0.15, 0.2) is 0 Å². The molecule has 0 radical (unpaired) electrons. The van der Waals surface area contributed by atoms with Crippen LogP contribution in [0.2, 0.25) is 0 Å². The van der Waals surface area contributed by atoms with Gasteiger partial charge >= 0.3 is 0 Å². The fraction of sp³-hybridized carbons (Fsp3) is 0.429. The average molecular weight is 409 g/mol. The van der Waals surface area contributed by atoms with Crippen LogP contribution in [0.1, 0.15) is 27.1 Å². The Balaban J connectivity index is 0. The number of benzene rings is 1. The molecule has 0 aliphatic heterocycles. The number of carboxylic acids is 2. The van der Waals surface area contributed by atoms with Gasteiger partial charge in [0.25, 0.3) is 0 Å². The molecule has 0 spiro atoms. The standard InChI is InChI=1S/C8H6O4.C6H16NO.HI/c9-7(10)5-1-2-6(4-3-5)8(11)12;1-7(2,3)5-4-6-8;/h1-4H,(H,9,10)(H,11,12);8H,4-6H2,1-3H3;1H/q;+1;/p-3. The molecular formula is C14H20INO5-2. The first kappa shape index (κ1) is 22.1. The summed E-state index contributed by atoms with van der Waals surface area (Å²) in [7, 11) is 6.36. The zero-order valence-electron chi connectivity index (χ0n) is 12.3. The molecule has 0 aliphatic rings. The van der Waals surface area contributed by atoms with E-state index in [1.807, 2.05) is 0 Å². The predicted octanol–water partition coefficient (Wildman–Crippen LogP) is -4.51. The van der Waals surface area contributed by atoms with E-state index >= 15 is 0 Å². The monoisotopic (exact) mass is 409 g/mol. The Bertz CT molecular complexity index is 407. The van der Waals surface area contributed by atoms with Crippen molar-refractivity contribution in [1.82, 2.24) is 0 Å². The van der Waals surface area contributed by atoms with Gasteiger partial charge in [-0.3, -0.25) is 0 Å².